The predicted octanol–water partition coefficient (Wildman–Crippen LogP) is 2.66. The average molecular weight is 368 g/mol. The Morgan fingerprint density at radius 3 is 2.62 bits per heavy atom. The number of hydrogen-bond donors (Lipinski definition) is 1. The van der Waals surface area contributed by atoms with E-state index in [1.54, 1.807) is 0 Å². The molecule has 1 aromatic heterocycles. The van der Waals surface area contributed by atoms with E-state index in [4.69, 9.17) is 4.74 Å². The number of carbonyl (C=O) groups excluding carboxylic acids is 1. The van der Waals surface area contributed by atoms with E-state index in [0.717, 1.165) is 28.7 Å². The SMILES string of the molecule is COC(=O)C(=NNc1ccccc1C)Sc1nnnn1-c1ccccc1. The molecule has 0 aliphatic heterocycles. The third-order valence-corrected chi connectivity index (χ3v) is 4.30. The predicted molar refractivity (Wildman–Crippen MR) is 99.3 cm³/mol. The Morgan fingerprint density at radius 2 is 1.88 bits per heavy atom. The smallest absolute Gasteiger partial charge is 0.365 e. The van der Waals surface area contributed by atoms with Crippen LogP contribution in [0.25, 0.3) is 5.69 Å². The first-order chi connectivity index (χ1) is 12.7. The molecule has 0 aliphatic rings. The van der Waals surface area contributed by atoms with Gasteiger partial charge in [-0.15, -0.1) is 5.10 Å². The highest BCUT2D eigenvalue weighted by molar-refractivity contribution is 8.15. The summed E-state index contributed by atoms with van der Waals surface area (Å²) < 4.78 is 6.34. The normalized spacial score (nSPS) is 11.2. The van der Waals surface area contributed by atoms with Crippen molar-refractivity contribution in [1.29, 1.82) is 0 Å². The molecular weight excluding hydrogens is 352 g/mol. The van der Waals surface area contributed by atoms with E-state index in [1.807, 2.05) is 61.5 Å². The van der Waals surface area contributed by atoms with Gasteiger partial charge in [-0.05, 0) is 52.9 Å². The number of aromatic nitrogens is 4. The number of benzene rings is 2. The van der Waals surface area contributed by atoms with Crippen LogP contribution in [0.1, 0.15) is 5.56 Å². The van der Waals surface area contributed by atoms with E-state index >= 15 is 0 Å². The molecule has 2 aromatic carbocycles. The zero-order chi connectivity index (χ0) is 18.4. The van der Waals surface area contributed by atoms with Crippen LogP contribution in [0.4, 0.5) is 5.69 Å². The Hall–Kier alpha value is -3.20. The topological polar surface area (TPSA) is 94.3 Å². The fraction of sp³-hybridized carbons (Fsp3) is 0.118. The van der Waals surface area contributed by atoms with Crippen LogP contribution >= 0.6 is 11.8 Å². The minimum atomic E-state index is -0.585. The molecule has 0 aliphatic carbocycles. The molecule has 1 N–H and O–H groups in total. The number of para-hydroxylation sites is 2. The van der Waals surface area contributed by atoms with Crippen LogP contribution < -0.4 is 5.43 Å². The van der Waals surface area contributed by atoms with Gasteiger partial charge in [-0.2, -0.15) is 9.78 Å². The Labute approximate surface area is 154 Å². The molecule has 9 heteroatoms. The summed E-state index contributed by atoms with van der Waals surface area (Å²) in [6, 6.07) is 17.0. The summed E-state index contributed by atoms with van der Waals surface area (Å²) in [6.07, 6.45) is 0. The number of anilines is 1. The lowest BCUT2D eigenvalue weighted by atomic mass is 10.2. The highest BCUT2D eigenvalue weighted by Gasteiger charge is 2.19. The van der Waals surface area contributed by atoms with E-state index in [0.29, 0.717) is 5.16 Å². The molecule has 26 heavy (non-hydrogen) atoms. The number of ether oxygens (including phenoxy) is 1. The van der Waals surface area contributed by atoms with Crippen molar-refractivity contribution in [3.05, 3.63) is 60.2 Å². The van der Waals surface area contributed by atoms with Crippen LogP contribution in [0.15, 0.2) is 64.9 Å². The molecule has 8 nitrogen and oxygen atoms in total. The van der Waals surface area contributed by atoms with Gasteiger partial charge < -0.3 is 4.74 Å². The van der Waals surface area contributed by atoms with Gasteiger partial charge in [-0.3, -0.25) is 5.43 Å². The molecule has 0 bridgehead atoms. The third-order valence-electron chi connectivity index (χ3n) is 3.41. The summed E-state index contributed by atoms with van der Waals surface area (Å²) in [5.41, 5.74) is 5.45. The van der Waals surface area contributed by atoms with Crippen LogP contribution in [0.5, 0.6) is 0 Å². The zero-order valence-electron chi connectivity index (χ0n) is 14.2. The van der Waals surface area contributed by atoms with Gasteiger partial charge in [0.2, 0.25) is 10.2 Å². The number of nitrogens with zero attached hydrogens (tertiary/aromatic N) is 5. The molecule has 132 valence electrons. The van der Waals surface area contributed by atoms with Gasteiger partial charge in [0, 0.05) is 0 Å². The Kier molecular flexibility index (Phi) is 5.59. The summed E-state index contributed by atoms with van der Waals surface area (Å²) in [6.45, 7) is 1.94. The number of esters is 1. The minimum absolute atomic E-state index is 0.0859. The van der Waals surface area contributed by atoms with Crippen LogP contribution in [-0.4, -0.2) is 38.3 Å². The van der Waals surface area contributed by atoms with E-state index in [-0.39, 0.29) is 5.04 Å². The standard InChI is InChI=1S/C17H16N6O2S/c1-12-8-6-7-11-14(12)18-19-15(16(24)25-2)26-17-20-21-22-23(17)13-9-4-3-5-10-13/h3-11,18H,1-2H3. The lowest BCUT2D eigenvalue weighted by molar-refractivity contribution is -0.132. The summed E-state index contributed by atoms with van der Waals surface area (Å²) in [4.78, 5) is 12.1. The number of tetrazole rings is 1. The molecule has 0 atom stereocenters. The number of rotatable bonds is 4. The van der Waals surface area contributed by atoms with Crippen molar-refractivity contribution in [2.45, 2.75) is 12.1 Å². The van der Waals surface area contributed by atoms with E-state index in [2.05, 4.69) is 26.1 Å². The number of carbonyl (C=O) groups is 1. The van der Waals surface area contributed by atoms with Gasteiger partial charge in [0.15, 0.2) is 0 Å². The summed E-state index contributed by atoms with van der Waals surface area (Å²) in [7, 11) is 1.30. The number of hydrogen-bond acceptors (Lipinski definition) is 8. The van der Waals surface area contributed by atoms with Crippen molar-refractivity contribution >= 4 is 28.5 Å². The van der Waals surface area contributed by atoms with Crippen molar-refractivity contribution in [3.63, 3.8) is 0 Å². The maximum absolute atomic E-state index is 12.1. The van der Waals surface area contributed by atoms with Gasteiger partial charge >= 0.3 is 5.97 Å². The molecule has 0 amide bonds. The fourth-order valence-corrected chi connectivity index (χ4v) is 2.80. The lowest BCUT2D eigenvalue weighted by Gasteiger charge is -2.07. The summed E-state index contributed by atoms with van der Waals surface area (Å²) in [5, 5.41) is 16.3. The van der Waals surface area contributed by atoms with E-state index in [9.17, 15) is 4.79 Å². The number of hydrazone groups is 1. The molecule has 1 heterocycles. The quantitative estimate of drug-likeness (QED) is 0.249. The van der Waals surface area contributed by atoms with Gasteiger partial charge in [0.1, 0.15) is 0 Å². The highest BCUT2D eigenvalue weighted by Crippen LogP contribution is 2.21. The molecule has 0 fully saturated rings. The molecular formula is C17H16N6O2S. The van der Waals surface area contributed by atoms with Crippen LogP contribution in [-0.2, 0) is 9.53 Å². The second-order valence-electron chi connectivity index (χ2n) is 5.15. The molecule has 3 rings (SSSR count). The Morgan fingerprint density at radius 1 is 1.15 bits per heavy atom. The molecule has 0 radical (unpaired) electrons. The van der Waals surface area contributed by atoms with Crippen molar-refractivity contribution in [3.8, 4) is 5.69 Å². The largest absolute Gasteiger partial charge is 0.464 e. The first-order valence-corrected chi connectivity index (χ1v) is 8.50. The van der Waals surface area contributed by atoms with Crippen molar-refractivity contribution in [2.75, 3.05) is 12.5 Å². The number of aryl methyl sites for hydroxylation is 1. The van der Waals surface area contributed by atoms with E-state index in [1.165, 1.54) is 11.8 Å². The first-order valence-electron chi connectivity index (χ1n) is 7.68. The molecule has 0 saturated carbocycles. The minimum Gasteiger partial charge on any atom is -0.464 e. The Balaban J connectivity index is 1.87. The molecule has 0 spiro atoms. The fourth-order valence-electron chi connectivity index (χ4n) is 2.07. The average Bonchev–Trinajstić information content (AvgIpc) is 3.14. The van der Waals surface area contributed by atoms with Crippen LogP contribution in [0.3, 0.4) is 0 Å². The first kappa shape index (κ1) is 17.6. The van der Waals surface area contributed by atoms with E-state index < -0.39 is 5.97 Å². The number of thioether (sulfide) groups is 1. The van der Waals surface area contributed by atoms with Gasteiger partial charge in [-0.25, -0.2) is 4.79 Å². The maximum Gasteiger partial charge on any atom is 0.365 e. The van der Waals surface area contributed by atoms with Crippen LogP contribution in [0.2, 0.25) is 0 Å². The van der Waals surface area contributed by atoms with Crippen molar-refractivity contribution in [2.24, 2.45) is 5.10 Å². The van der Waals surface area contributed by atoms with Gasteiger partial charge in [0.05, 0.1) is 18.5 Å². The van der Waals surface area contributed by atoms with Crippen LogP contribution in [0, 0.1) is 6.92 Å². The molecule has 0 saturated heterocycles. The third kappa shape index (κ3) is 4.06. The lowest BCUT2D eigenvalue weighted by Crippen LogP contribution is -2.15. The summed E-state index contributed by atoms with van der Waals surface area (Å²) in [5.74, 6) is -0.585. The molecule has 0 unspecified atom stereocenters. The Bertz CT molecular complexity index is 926. The van der Waals surface area contributed by atoms with Crippen molar-refractivity contribution in [1.82, 2.24) is 20.2 Å². The molecule has 3 aromatic rings. The zero-order valence-corrected chi connectivity index (χ0v) is 15.0. The number of methoxy groups -OCH3 is 1. The van der Waals surface area contributed by atoms with Gasteiger partial charge in [0.25, 0.3) is 0 Å². The maximum atomic E-state index is 12.1. The number of nitrogens with one attached hydrogen (secondary N) is 1. The monoisotopic (exact) mass is 368 g/mol. The summed E-state index contributed by atoms with van der Waals surface area (Å²) >= 11 is 1.01. The van der Waals surface area contributed by atoms with Gasteiger partial charge in [-0.1, -0.05) is 36.4 Å². The second kappa shape index (κ2) is 8.26. The van der Waals surface area contributed by atoms with Crippen molar-refractivity contribution < 1.29 is 9.53 Å². The second-order valence-corrected chi connectivity index (χ2v) is 6.10. The highest BCUT2D eigenvalue weighted by atomic mass is 32.2.